The first kappa shape index (κ1) is 15.3. The molecule has 0 aromatic heterocycles. The number of carbonyl (C=O) groups is 1. The molecule has 0 fully saturated rings. The van der Waals surface area contributed by atoms with Crippen molar-refractivity contribution in [2.75, 3.05) is 6.61 Å². The topological polar surface area (TPSA) is 50.7 Å². The molecule has 2 aromatic rings. The summed E-state index contributed by atoms with van der Waals surface area (Å²) < 4.78 is 5.32. The van der Waals surface area contributed by atoms with Crippen molar-refractivity contribution < 1.29 is 9.53 Å². The highest BCUT2D eigenvalue weighted by molar-refractivity contribution is 5.96. The summed E-state index contributed by atoms with van der Waals surface area (Å²) in [6.45, 7) is 2.09. The maximum absolute atomic E-state index is 12.0. The van der Waals surface area contributed by atoms with Gasteiger partial charge in [-0.1, -0.05) is 36.3 Å². The lowest BCUT2D eigenvalue weighted by molar-refractivity contribution is 0.0954. The Morgan fingerprint density at radius 3 is 2.91 bits per heavy atom. The van der Waals surface area contributed by atoms with E-state index >= 15 is 0 Å². The van der Waals surface area contributed by atoms with Gasteiger partial charge in [-0.15, -0.1) is 6.42 Å². The Labute approximate surface area is 129 Å². The predicted octanol–water partition coefficient (Wildman–Crippen LogP) is 2.77. The monoisotopic (exact) mass is 292 g/mol. The van der Waals surface area contributed by atoms with Crippen LogP contribution in [0.15, 0.2) is 53.6 Å². The molecule has 0 spiro atoms. The smallest absolute Gasteiger partial charge is 0.271 e. The molecule has 0 saturated carbocycles. The van der Waals surface area contributed by atoms with Crippen LogP contribution in [0.4, 0.5) is 0 Å². The summed E-state index contributed by atoms with van der Waals surface area (Å²) in [4.78, 5) is 12.0. The predicted molar refractivity (Wildman–Crippen MR) is 87.0 cm³/mol. The fourth-order valence-corrected chi connectivity index (χ4v) is 1.86. The van der Waals surface area contributed by atoms with Crippen molar-refractivity contribution in [1.29, 1.82) is 0 Å². The number of hydrazone groups is 1. The standard InChI is InChI=1S/C18H16N2O2/c1-3-11-22-16-9-6-8-15(12-16)13-19-20-18(21)17-10-5-4-7-14(17)2/h1,4-10,12-13H,11H2,2H3,(H,20,21)/b19-13-. The Bertz CT molecular complexity index is 730. The van der Waals surface area contributed by atoms with E-state index in [1.807, 2.05) is 37.3 Å². The summed E-state index contributed by atoms with van der Waals surface area (Å²) in [5.41, 5.74) is 4.82. The van der Waals surface area contributed by atoms with Crippen LogP contribution in [0.2, 0.25) is 0 Å². The van der Waals surface area contributed by atoms with Crippen LogP contribution in [0.3, 0.4) is 0 Å². The molecule has 0 saturated heterocycles. The molecule has 0 unspecified atom stereocenters. The number of amides is 1. The van der Waals surface area contributed by atoms with Gasteiger partial charge >= 0.3 is 0 Å². The minimum Gasteiger partial charge on any atom is -0.481 e. The molecule has 22 heavy (non-hydrogen) atoms. The SMILES string of the molecule is C#CCOc1cccc(/C=N\NC(=O)c2ccccc2C)c1. The van der Waals surface area contributed by atoms with Gasteiger partial charge in [0.1, 0.15) is 12.4 Å². The third-order valence-electron chi connectivity index (χ3n) is 2.95. The average Bonchev–Trinajstić information content (AvgIpc) is 2.53. The Morgan fingerprint density at radius 2 is 2.14 bits per heavy atom. The van der Waals surface area contributed by atoms with Crippen LogP contribution in [0.5, 0.6) is 5.75 Å². The van der Waals surface area contributed by atoms with Crippen molar-refractivity contribution in [2.45, 2.75) is 6.92 Å². The molecule has 0 aliphatic carbocycles. The minimum absolute atomic E-state index is 0.213. The van der Waals surface area contributed by atoms with Gasteiger partial charge in [-0.25, -0.2) is 5.43 Å². The van der Waals surface area contributed by atoms with Gasteiger partial charge in [0.2, 0.25) is 0 Å². The van der Waals surface area contributed by atoms with Crippen molar-refractivity contribution in [3.63, 3.8) is 0 Å². The van der Waals surface area contributed by atoms with Crippen LogP contribution in [0.1, 0.15) is 21.5 Å². The normalized spacial score (nSPS) is 10.2. The van der Waals surface area contributed by atoms with E-state index in [1.54, 1.807) is 24.4 Å². The first-order chi connectivity index (χ1) is 10.7. The molecule has 0 heterocycles. The maximum Gasteiger partial charge on any atom is 0.271 e. The second-order valence-electron chi connectivity index (χ2n) is 4.58. The molecule has 0 aliphatic rings. The molecule has 1 N–H and O–H groups in total. The van der Waals surface area contributed by atoms with Crippen LogP contribution in [0.25, 0.3) is 0 Å². The number of nitrogens with zero attached hydrogens (tertiary/aromatic N) is 1. The number of benzene rings is 2. The van der Waals surface area contributed by atoms with E-state index < -0.39 is 0 Å². The zero-order chi connectivity index (χ0) is 15.8. The molecule has 0 bridgehead atoms. The van der Waals surface area contributed by atoms with Crippen LogP contribution >= 0.6 is 0 Å². The molecule has 2 aromatic carbocycles. The Morgan fingerprint density at radius 1 is 1.32 bits per heavy atom. The molecule has 2 rings (SSSR count). The number of rotatable bonds is 5. The maximum atomic E-state index is 12.0. The quantitative estimate of drug-likeness (QED) is 0.523. The Kier molecular flexibility index (Phi) is 5.33. The van der Waals surface area contributed by atoms with Gasteiger partial charge in [0.05, 0.1) is 6.21 Å². The second kappa shape index (κ2) is 7.65. The van der Waals surface area contributed by atoms with Gasteiger partial charge in [0, 0.05) is 5.56 Å². The number of ether oxygens (including phenoxy) is 1. The summed E-state index contributed by atoms with van der Waals surface area (Å²) in [5.74, 6) is 2.82. The van der Waals surface area contributed by atoms with Crippen molar-refractivity contribution in [3.8, 4) is 18.1 Å². The van der Waals surface area contributed by atoms with Crippen molar-refractivity contribution >= 4 is 12.1 Å². The average molecular weight is 292 g/mol. The zero-order valence-electron chi connectivity index (χ0n) is 12.2. The number of carbonyl (C=O) groups excluding carboxylic acids is 1. The summed E-state index contributed by atoms with van der Waals surface area (Å²) in [6.07, 6.45) is 6.70. The molecule has 4 heteroatoms. The van der Waals surface area contributed by atoms with Gasteiger partial charge < -0.3 is 4.74 Å². The molecule has 110 valence electrons. The molecule has 1 amide bonds. The van der Waals surface area contributed by atoms with E-state index in [4.69, 9.17) is 11.2 Å². The van der Waals surface area contributed by atoms with E-state index in [2.05, 4.69) is 16.4 Å². The molecule has 0 atom stereocenters. The van der Waals surface area contributed by atoms with E-state index in [1.165, 1.54) is 0 Å². The highest BCUT2D eigenvalue weighted by Gasteiger charge is 2.06. The third kappa shape index (κ3) is 4.22. The molecular formula is C18H16N2O2. The zero-order valence-corrected chi connectivity index (χ0v) is 12.2. The van der Waals surface area contributed by atoms with Gasteiger partial charge in [0.15, 0.2) is 0 Å². The van der Waals surface area contributed by atoms with Crippen molar-refractivity contribution in [2.24, 2.45) is 5.10 Å². The summed E-state index contributed by atoms with van der Waals surface area (Å²) in [7, 11) is 0. The lowest BCUT2D eigenvalue weighted by Gasteiger charge is -2.04. The fraction of sp³-hybridized carbons (Fsp3) is 0.111. The first-order valence-electron chi connectivity index (χ1n) is 6.76. The van der Waals surface area contributed by atoms with Crippen molar-refractivity contribution in [3.05, 3.63) is 65.2 Å². The number of hydrogen-bond donors (Lipinski definition) is 1. The highest BCUT2D eigenvalue weighted by Crippen LogP contribution is 2.11. The molecule has 4 nitrogen and oxygen atoms in total. The van der Waals surface area contributed by atoms with Crippen LogP contribution < -0.4 is 10.2 Å². The Balaban J connectivity index is 1.99. The molecule has 0 radical (unpaired) electrons. The van der Waals surface area contributed by atoms with E-state index in [-0.39, 0.29) is 12.5 Å². The first-order valence-corrected chi connectivity index (χ1v) is 6.76. The second-order valence-corrected chi connectivity index (χ2v) is 4.58. The van der Waals surface area contributed by atoms with Gasteiger partial charge in [0.25, 0.3) is 5.91 Å². The van der Waals surface area contributed by atoms with E-state index in [0.29, 0.717) is 11.3 Å². The summed E-state index contributed by atoms with van der Waals surface area (Å²) in [6, 6.07) is 14.6. The number of hydrogen-bond acceptors (Lipinski definition) is 3. The summed E-state index contributed by atoms with van der Waals surface area (Å²) >= 11 is 0. The number of terminal acetylenes is 1. The van der Waals surface area contributed by atoms with Crippen LogP contribution in [-0.4, -0.2) is 18.7 Å². The van der Waals surface area contributed by atoms with Crippen LogP contribution in [0, 0.1) is 19.3 Å². The molecular weight excluding hydrogens is 276 g/mol. The fourth-order valence-electron chi connectivity index (χ4n) is 1.86. The Hall–Kier alpha value is -3.06. The third-order valence-corrected chi connectivity index (χ3v) is 2.95. The van der Waals surface area contributed by atoms with E-state index in [9.17, 15) is 4.79 Å². The number of aryl methyl sites for hydroxylation is 1. The molecule has 0 aliphatic heterocycles. The lowest BCUT2D eigenvalue weighted by Crippen LogP contribution is -2.18. The van der Waals surface area contributed by atoms with E-state index in [0.717, 1.165) is 11.1 Å². The van der Waals surface area contributed by atoms with Crippen molar-refractivity contribution in [1.82, 2.24) is 5.43 Å². The van der Waals surface area contributed by atoms with Gasteiger partial charge in [-0.2, -0.15) is 5.10 Å². The minimum atomic E-state index is -0.242. The van der Waals surface area contributed by atoms with Crippen LogP contribution in [-0.2, 0) is 0 Å². The highest BCUT2D eigenvalue weighted by atomic mass is 16.5. The van der Waals surface area contributed by atoms with Gasteiger partial charge in [-0.05, 0) is 36.2 Å². The largest absolute Gasteiger partial charge is 0.481 e. The van der Waals surface area contributed by atoms with Gasteiger partial charge in [-0.3, -0.25) is 4.79 Å². The summed E-state index contributed by atoms with van der Waals surface area (Å²) in [5, 5.41) is 3.96. The lowest BCUT2D eigenvalue weighted by atomic mass is 10.1. The number of nitrogens with one attached hydrogen (secondary N) is 1.